The van der Waals surface area contributed by atoms with Crippen LogP contribution in [0, 0.1) is 6.92 Å². The van der Waals surface area contributed by atoms with Gasteiger partial charge >= 0.3 is 0 Å². The lowest BCUT2D eigenvalue weighted by Crippen LogP contribution is -2.45. The number of aryl methyl sites for hydroxylation is 1. The molecular formula is C17H20N6O2. The minimum Gasteiger partial charge on any atom is -0.459 e. The summed E-state index contributed by atoms with van der Waals surface area (Å²) in [4.78, 5) is 2.25. The van der Waals surface area contributed by atoms with E-state index >= 15 is 0 Å². The van der Waals surface area contributed by atoms with Crippen molar-refractivity contribution in [2.24, 2.45) is 0 Å². The van der Waals surface area contributed by atoms with Gasteiger partial charge in [-0.3, -0.25) is 0 Å². The third-order valence-corrected chi connectivity index (χ3v) is 4.37. The van der Waals surface area contributed by atoms with Crippen molar-refractivity contribution < 1.29 is 8.83 Å². The van der Waals surface area contributed by atoms with Crippen LogP contribution in [-0.4, -0.2) is 39.5 Å². The minimum absolute atomic E-state index is 0.344. The Labute approximate surface area is 145 Å². The van der Waals surface area contributed by atoms with E-state index in [1.165, 1.54) is 0 Å². The first-order valence-electron chi connectivity index (χ1n) is 8.42. The number of nitrogens with zero attached hydrogens (tertiary/aromatic N) is 5. The Morgan fingerprint density at radius 1 is 1.28 bits per heavy atom. The van der Waals surface area contributed by atoms with Gasteiger partial charge in [-0.1, -0.05) is 0 Å². The Kier molecular flexibility index (Phi) is 4.43. The fraction of sp³-hybridized carbons (Fsp3) is 0.412. The van der Waals surface area contributed by atoms with E-state index in [-0.39, 0.29) is 0 Å². The molecule has 3 aromatic rings. The van der Waals surface area contributed by atoms with Gasteiger partial charge in [0.05, 0.1) is 12.8 Å². The summed E-state index contributed by atoms with van der Waals surface area (Å²) in [6.07, 6.45) is 5.52. The predicted octanol–water partition coefficient (Wildman–Crippen LogP) is 2.19. The lowest BCUT2D eigenvalue weighted by molar-refractivity contribution is 0.387. The van der Waals surface area contributed by atoms with Crippen LogP contribution in [0.2, 0.25) is 0 Å². The molecule has 0 bridgehead atoms. The lowest BCUT2D eigenvalue weighted by atomic mass is 10.1. The second-order valence-electron chi connectivity index (χ2n) is 6.18. The highest BCUT2D eigenvalue weighted by Crippen LogP contribution is 2.23. The first kappa shape index (κ1) is 15.8. The van der Waals surface area contributed by atoms with Crippen LogP contribution < -0.4 is 10.2 Å². The zero-order valence-corrected chi connectivity index (χ0v) is 14.1. The number of hydrogen-bond donors (Lipinski definition) is 1. The average Bonchev–Trinajstić information content (AvgIpc) is 3.29. The first-order chi connectivity index (χ1) is 12.3. The van der Waals surface area contributed by atoms with Gasteiger partial charge in [0, 0.05) is 30.9 Å². The number of rotatable bonds is 5. The van der Waals surface area contributed by atoms with Crippen molar-refractivity contribution in [2.75, 3.05) is 18.0 Å². The minimum atomic E-state index is 0.344. The molecule has 0 amide bonds. The second-order valence-corrected chi connectivity index (χ2v) is 6.18. The molecule has 25 heavy (non-hydrogen) atoms. The van der Waals surface area contributed by atoms with E-state index in [1.807, 2.05) is 25.1 Å². The Morgan fingerprint density at radius 2 is 2.24 bits per heavy atom. The third kappa shape index (κ3) is 3.53. The summed E-state index contributed by atoms with van der Waals surface area (Å²) in [5.41, 5.74) is 0.982. The first-order valence-corrected chi connectivity index (χ1v) is 8.42. The van der Waals surface area contributed by atoms with Crippen molar-refractivity contribution in [2.45, 2.75) is 32.4 Å². The summed E-state index contributed by atoms with van der Waals surface area (Å²) in [7, 11) is 0. The highest BCUT2D eigenvalue weighted by molar-refractivity contribution is 5.49. The van der Waals surface area contributed by atoms with Crippen LogP contribution in [0.25, 0.3) is 11.7 Å². The topological polar surface area (TPSA) is 93.1 Å². The van der Waals surface area contributed by atoms with Gasteiger partial charge < -0.3 is 19.1 Å². The highest BCUT2D eigenvalue weighted by Gasteiger charge is 2.21. The number of aromatic nitrogens is 4. The van der Waals surface area contributed by atoms with E-state index in [2.05, 4.69) is 30.6 Å². The van der Waals surface area contributed by atoms with Crippen LogP contribution in [0.1, 0.15) is 24.3 Å². The second kappa shape index (κ2) is 7.02. The largest absolute Gasteiger partial charge is 0.459 e. The molecule has 0 saturated carbocycles. The smallest absolute Gasteiger partial charge is 0.283 e. The Balaban J connectivity index is 1.35. The van der Waals surface area contributed by atoms with Crippen molar-refractivity contribution in [3.8, 4) is 11.7 Å². The van der Waals surface area contributed by atoms with Gasteiger partial charge in [-0.2, -0.15) is 5.10 Å². The molecule has 1 fully saturated rings. The summed E-state index contributed by atoms with van der Waals surface area (Å²) < 4.78 is 11.1. The number of furan rings is 1. The van der Waals surface area contributed by atoms with Crippen LogP contribution in [0.5, 0.6) is 0 Å². The molecular weight excluding hydrogens is 320 g/mol. The van der Waals surface area contributed by atoms with Crippen LogP contribution >= 0.6 is 0 Å². The molecule has 3 aromatic heterocycles. The number of hydrogen-bond acceptors (Lipinski definition) is 8. The standard InChI is InChI=1S/C17H20N6O2/c1-12-6-9-24-16(12)17-22-21-15(25-17)10-18-13-4-3-8-23(11-13)14-5-2-7-19-20-14/h2,5-7,9,13,18H,3-4,8,10-11H2,1H3. The van der Waals surface area contributed by atoms with E-state index in [9.17, 15) is 0 Å². The summed E-state index contributed by atoms with van der Waals surface area (Å²) in [5.74, 6) is 2.53. The number of nitrogens with one attached hydrogen (secondary N) is 1. The van der Waals surface area contributed by atoms with Gasteiger partial charge in [0.15, 0.2) is 11.6 Å². The number of anilines is 1. The molecule has 0 spiro atoms. The van der Waals surface area contributed by atoms with E-state index in [1.54, 1.807) is 12.5 Å². The molecule has 0 radical (unpaired) electrons. The molecule has 1 atom stereocenters. The van der Waals surface area contributed by atoms with Gasteiger partial charge in [0.2, 0.25) is 5.89 Å². The molecule has 8 heteroatoms. The zero-order chi connectivity index (χ0) is 17.1. The van der Waals surface area contributed by atoms with Gasteiger partial charge in [0.25, 0.3) is 5.89 Å². The molecule has 4 rings (SSSR count). The predicted molar refractivity (Wildman–Crippen MR) is 90.8 cm³/mol. The maximum atomic E-state index is 5.70. The summed E-state index contributed by atoms with van der Waals surface area (Å²) in [5, 5.41) is 19.8. The van der Waals surface area contributed by atoms with Crippen LogP contribution in [0.4, 0.5) is 5.82 Å². The molecule has 1 N–H and O–H groups in total. The van der Waals surface area contributed by atoms with Crippen molar-refractivity contribution in [1.82, 2.24) is 25.7 Å². The van der Waals surface area contributed by atoms with Crippen molar-refractivity contribution >= 4 is 5.82 Å². The summed E-state index contributed by atoms with van der Waals surface area (Å²) in [6, 6.07) is 6.12. The molecule has 0 aliphatic carbocycles. The van der Waals surface area contributed by atoms with Crippen molar-refractivity contribution in [3.63, 3.8) is 0 Å². The Hall–Kier alpha value is -2.74. The molecule has 1 unspecified atom stereocenters. The molecule has 1 aliphatic rings. The molecule has 4 heterocycles. The third-order valence-electron chi connectivity index (χ3n) is 4.37. The molecule has 130 valence electrons. The lowest BCUT2D eigenvalue weighted by Gasteiger charge is -2.33. The van der Waals surface area contributed by atoms with E-state index < -0.39 is 0 Å². The molecule has 8 nitrogen and oxygen atoms in total. The fourth-order valence-electron chi connectivity index (χ4n) is 3.05. The average molecular weight is 340 g/mol. The zero-order valence-electron chi connectivity index (χ0n) is 14.1. The van der Waals surface area contributed by atoms with E-state index in [0.29, 0.717) is 30.1 Å². The molecule has 1 aliphatic heterocycles. The van der Waals surface area contributed by atoms with Crippen molar-refractivity contribution in [3.05, 3.63) is 42.1 Å². The highest BCUT2D eigenvalue weighted by atomic mass is 16.4. The van der Waals surface area contributed by atoms with Crippen LogP contribution in [-0.2, 0) is 6.54 Å². The van der Waals surface area contributed by atoms with E-state index in [0.717, 1.165) is 37.3 Å². The normalized spacial score (nSPS) is 17.8. The Morgan fingerprint density at radius 3 is 3.04 bits per heavy atom. The Bertz CT molecular complexity index is 815. The summed E-state index contributed by atoms with van der Waals surface area (Å²) in [6.45, 7) is 4.37. The summed E-state index contributed by atoms with van der Waals surface area (Å²) >= 11 is 0. The SMILES string of the molecule is Cc1ccoc1-c1nnc(CNC2CCCN(c3cccnn3)C2)o1. The monoisotopic (exact) mass is 340 g/mol. The quantitative estimate of drug-likeness (QED) is 0.755. The van der Waals surface area contributed by atoms with Gasteiger partial charge in [0.1, 0.15) is 0 Å². The molecule has 1 saturated heterocycles. The molecule has 0 aromatic carbocycles. The maximum absolute atomic E-state index is 5.70. The fourth-order valence-corrected chi connectivity index (χ4v) is 3.05. The van der Waals surface area contributed by atoms with Gasteiger partial charge in [-0.25, -0.2) is 0 Å². The van der Waals surface area contributed by atoms with E-state index in [4.69, 9.17) is 8.83 Å². The van der Waals surface area contributed by atoms with Crippen molar-refractivity contribution in [1.29, 1.82) is 0 Å². The van der Waals surface area contributed by atoms with Gasteiger partial charge in [-0.15, -0.1) is 15.3 Å². The van der Waals surface area contributed by atoms with Crippen LogP contribution in [0.3, 0.4) is 0 Å². The number of piperidine rings is 1. The van der Waals surface area contributed by atoms with Crippen LogP contribution in [0.15, 0.2) is 39.5 Å². The maximum Gasteiger partial charge on any atom is 0.283 e. The van der Waals surface area contributed by atoms with Gasteiger partial charge in [-0.05, 0) is 38.0 Å².